The molecule has 0 saturated carbocycles. The third kappa shape index (κ3) is 4.74. The predicted molar refractivity (Wildman–Crippen MR) is 98.1 cm³/mol. The van der Waals surface area contributed by atoms with Crippen LogP contribution in [0.4, 0.5) is 0 Å². The van der Waals surface area contributed by atoms with E-state index in [1.54, 1.807) is 0 Å². The molecule has 1 aromatic carbocycles. The third-order valence-electron chi connectivity index (χ3n) is 4.85. The molecule has 0 aromatic heterocycles. The van der Waals surface area contributed by atoms with Gasteiger partial charge >= 0.3 is 0 Å². The van der Waals surface area contributed by atoms with Crippen molar-refractivity contribution >= 4 is 24.8 Å². The Morgan fingerprint density at radius 1 is 1.17 bits per heavy atom. The van der Waals surface area contributed by atoms with E-state index in [4.69, 9.17) is 4.74 Å². The average Bonchev–Trinajstić information content (AvgIpc) is 2.54. The zero-order valence-corrected chi connectivity index (χ0v) is 15.3. The molecule has 2 N–H and O–H groups in total. The summed E-state index contributed by atoms with van der Waals surface area (Å²) in [4.78, 5) is 2.54. The number of hydrogen-bond donors (Lipinski definition) is 2. The van der Waals surface area contributed by atoms with Crippen molar-refractivity contribution < 1.29 is 9.84 Å². The van der Waals surface area contributed by atoms with Crippen LogP contribution >= 0.6 is 24.8 Å². The summed E-state index contributed by atoms with van der Waals surface area (Å²) in [5.41, 5.74) is 2.07. The Morgan fingerprint density at radius 2 is 1.83 bits per heavy atom. The van der Waals surface area contributed by atoms with E-state index in [0.717, 1.165) is 63.4 Å². The third-order valence-corrected chi connectivity index (χ3v) is 4.85. The van der Waals surface area contributed by atoms with E-state index in [0.29, 0.717) is 17.7 Å². The summed E-state index contributed by atoms with van der Waals surface area (Å²) in [7, 11) is 0. The Morgan fingerprint density at radius 3 is 2.48 bits per heavy atom. The molecule has 0 unspecified atom stereocenters. The first-order valence-electron chi connectivity index (χ1n) is 8.08. The lowest BCUT2D eigenvalue weighted by molar-refractivity contribution is 0.0206. The number of nitrogens with one attached hydrogen (secondary N) is 1. The van der Waals surface area contributed by atoms with E-state index < -0.39 is 0 Å². The summed E-state index contributed by atoms with van der Waals surface area (Å²) in [6, 6.07) is 6.47. The number of hydrogen-bond acceptors (Lipinski definition) is 4. The van der Waals surface area contributed by atoms with Crippen molar-refractivity contribution in [2.45, 2.75) is 25.8 Å². The Bertz CT molecular complexity index is 458. The molecule has 132 valence electrons. The zero-order valence-electron chi connectivity index (χ0n) is 13.7. The first-order valence-corrected chi connectivity index (χ1v) is 8.08. The summed E-state index contributed by atoms with van der Waals surface area (Å²) in [5.74, 6) is 1.05. The molecule has 1 aromatic rings. The molecule has 0 bridgehead atoms. The predicted octanol–water partition coefficient (Wildman–Crippen LogP) is 2.92. The molecule has 23 heavy (non-hydrogen) atoms. The number of ether oxygens (including phenoxy) is 1. The van der Waals surface area contributed by atoms with Gasteiger partial charge in [-0.25, -0.2) is 0 Å². The van der Waals surface area contributed by atoms with Crippen LogP contribution < -0.4 is 5.32 Å². The SMILES string of the molecule is Cc1cccc([C@H](C2CCOCC2)N2CCNCC2)c1O.Cl.Cl. The molecule has 6 heteroatoms. The molecule has 0 spiro atoms. The van der Waals surface area contributed by atoms with Crippen LogP contribution in [-0.2, 0) is 4.74 Å². The number of para-hydroxylation sites is 1. The lowest BCUT2D eigenvalue weighted by Crippen LogP contribution is -2.47. The molecule has 2 saturated heterocycles. The average molecular weight is 363 g/mol. The number of phenolic OH excluding ortho intramolecular Hbond substituents is 1. The molecular formula is C17H28Cl2N2O2. The normalized spacial score (nSPS) is 21.1. The van der Waals surface area contributed by atoms with Gasteiger partial charge < -0.3 is 15.2 Å². The van der Waals surface area contributed by atoms with Crippen molar-refractivity contribution in [2.24, 2.45) is 5.92 Å². The molecule has 1 atom stereocenters. The lowest BCUT2D eigenvalue weighted by Gasteiger charge is -2.41. The Kier molecular flexibility index (Phi) is 8.65. The smallest absolute Gasteiger partial charge is 0.123 e. The highest BCUT2D eigenvalue weighted by Gasteiger charge is 2.32. The molecule has 0 amide bonds. The van der Waals surface area contributed by atoms with Gasteiger partial charge in [-0.2, -0.15) is 0 Å². The van der Waals surface area contributed by atoms with Crippen molar-refractivity contribution in [1.29, 1.82) is 0 Å². The van der Waals surface area contributed by atoms with E-state index in [-0.39, 0.29) is 24.8 Å². The molecule has 2 aliphatic rings. The summed E-state index contributed by atoms with van der Waals surface area (Å²) in [6.45, 7) is 7.85. The second kappa shape index (κ2) is 9.70. The van der Waals surface area contributed by atoms with Gasteiger partial charge in [0.2, 0.25) is 0 Å². The number of rotatable bonds is 3. The van der Waals surface area contributed by atoms with Crippen LogP contribution in [0, 0.1) is 12.8 Å². The second-order valence-corrected chi connectivity index (χ2v) is 6.19. The largest absolute Gasteiger partial charge is 0.507 e. The summed E-state index contributed by atoms with van der Waals surface area (Å²) in [6.07, 6.45) is 2.17. The lowest BCUT2D eigenvalue weighted by atomic mass is 9.84. The minimum atomic E-state index is 0. The Hall–Kier alpha value is -0.520. The van der Waals surface area contributed by atoms with E-state index in [9.17, 15) is 5.11 Å². The van der Waals surface area contributed by atoms with E-state index in [2.05, 4.69) is 22.3 Å². The van der Waals surface area contributed by atoms with Crippen LogP contribution in [0.3, 0.4) is 0 Å². The Balaban J connectivity index is 0.00000132. The number of piperazine rings is 1. The quantitative estimate of drug-likeness (QED) is 0.867. The van der Waals surface area contributed by atoms with Crippen LogP contribution in [0.25, 0.3) is 0 Å². The fourth-order valence-electron chi connectivity index (χ4n) is 3.66. The van der Waals surface area contributed by atoms with E-state index in [1.165, 1.54) is 0 Å². The molecule has 0 aliphatic carbocycles. The highest BCUT2D eigenvalue weighted by atomic mass is 35.5. The first-order chi connectivity index (χ1) is 10.3. The number of aromatic hydroxyl groups is 1. The first kappa shape index (κ1) is 20.5. The summed E-state index contributed by atoms with van der Waals surface area (Å²) >= 11 is 0. The van der Waals surface area contributed by atoms with Crippen LogP contribution in [0.1, 0.15) is 30.0 Å². The number of halogens is 2. The molecular weight excluding hydrogens is 335 g/mol. The maximum atomic E-state index is 10.6. The number of aryl methyl sites for hydroxylation is 1. The highest BCUT2D eigenvalue weighted by molar-refractivity contribution is 5.85. The number of benzene rings is 1. The minimum absolute atomic E-state index is 0. The highest BCUT2D eigenvalue weighted by Crippen LogP contribution is 2.40. The van der Waals surface area contributed by atoms with Gasteiger partial charge in [0.05, 0.1) is 0 Å². The van der Waals surface area contributed by atoms with Crippen LogP contribution in [0.15, 0.2) is 18.2 Å². The molecule has 0 radical (unpaired) electrons. The monoisotopic (exact) mass is 362 g/mol. The maximum Gasteiger partial charge on any atom is 0.123 e. The molecule has 2 aliphatic heterocycles. The second-order valence-electron chi connectivity index (χ2n) is 6.19. The van der Waals surface area contributed by atoms with Gasteiger partial charge in [0.15, 0.2) is 0 Å². The molecule has 4 nitrogen and oxygen atoms in total. The maximum absolute atomic E-state index is 10.6. The van der Waals surface area contributed by atoms with Crippen molar-refractivity contribution in [3.8, 4) is 5.75 Å². The van der Waals surface area contributed by atoms with Gasteiger partial charge in [0.25, 0.3) is 0 Å². The fraction of sp³-hybridized carbons (Fsp3) is 0.647. The van der Waals surface area contributed by atoms with Crippen molar-refractivity contribution in [2.75, 3.05) is 39.4 Å². The van der Waals surface area contributed by atoms with Crippen LogP contribution in [0.5, 0.6) is 5.75 Å². The van der Waals surface area contributed by atoms with E-state index in [1.807, 2.05) is 13.0 Å². The van der Waals surface area contributed by atoms with E-state index >= 15 is 0 Å². The van der Waals surface area contributed by atoms with Crippen molar-refractivity contribution in [1.82, 2.24) is 10.2 Å². The zero-order chi connectivity index (χ0) is 14.7. The van der Waals surface area contributed by atoms with Gasteiger partial charge in [0.1, 0.15) is 5.75 Å². The van der Waals surface area contributed by atoms with Crippen LogP contribution in [0.2, 0.25) is 0 Å². The van der Waals surface area contributed by atoms with Crippen LogP contribution in [-0.4, -0.2) is 49.4 Å². The summed E-state index contributed by atoms with van der Waals surface area (Å²) in [5, 5.41) is 14.0. The molecule has 2 heterocycles. The van der Waals surface area contributed by atoms with Gasteiger partial charge in [-0.05, 0) is 31.2 Å². The standard InChI is InChI=1S/C17H26N2O2.2ClH/c1-13-3-2-4-15(17(13)20)16(14-5-11-21-12-6-14)19-9-7-18-8-10-19;;/h2-4,14,16,18,20H,5-12H2,1H3;2*1H/t16-;;/m0../s1. The van der Waals surface area contributed by atoms with Gasteiger partial charge in [-0.15, -0.1) is 24.8 Å². The van der Waals surface area contributed by atoms with Crippen molar-refractivity contribution in [3.63, 3.8) is 0 Å². The molecule has 2 fully saturated rings. The number of nitrogens with zero attached hydrogens (tertiary/aromatic N) is 1. The minimum Gasteiger partial charge on any atom is -0.507 e. The summed E-state index contributed by atoms with van der Waals surface area (Å²) < 4.78 is 5.53. The molecule has 3 rings (SSSR count). The van der Waals surface area contributed by atoms with Gasteiger partial charge in [-0.3, -0.25) is 4.90 Å². The van der Waals surface area contributed by atoms with Gasteiger partial charge in [-0.1, -0.05) is 18.2 Å². The number of phenols is 1. The topological polar surface area (TPSA) is 44.7 Å². The van der Waals surface area contributed by atoms with Gasteiger partial charge in [0, 0.05) is 51.0 Å². The van der Waals surface area contributed by atoms with Crippen molar-refractivity contribution in [3.05, 3.63) is 29.3 Å². The fourth-order valence-corrected chi connectivity index (χ4v) is 3.66. The Labute approximate surface area is 151 Å².